The van der Waals surface area contributed by atoms with Crippen molar-refractivity contribution in [2.75, 3.05) is 13.1 Å². The zero-order valence-corrected chi connectivity index (χ0v) is 16.6. The van der Waals surface area contributed by atoms with E-state index in [1.54, 1.807) is 0 Å². The second kappa shape index (κ2) is 8.03. The normalized spacial score (nSPS) is 19.8. The van der Waals surface area contributed by atoms with Crippen LogP contribution in [-0.2, 0) is 11.3 Å². The average Bonchev–Trinajstić information content (AvgIpc) is 3.02. The van der Waals surface area contributed by atoms with Crippen LogP contribution in [0, 0.1) is 5.92 Å². The third-order valence-electron chi connectivity index (χ3n) is 4.80. The topological polar surface area (TPSA) is 38.8 Å². The molecule has 0 saturated carbocycles. The summed E-state index contributed by atoms with van der Waals surface area (Å²) in [6, 6.07) is 18.4. The maximum atomic E-state index is 12.4. The van der Waals surface area contributed by atoms with E-state index in [1.807, 2.05) is 56.0 Å². The summed E-state index contributed by atoms with van der Waals surface area (Å²) >= 11 is 0. The summed E-state index contributed by atoms with van der Waals surface area (Å²) in [5, 5.41) is 0. The van der Waals surface area contributed by atoms with Crippen molar-refractivity contribution in [3.63, 3.8) is 0 Å². The lowest BCUT2D eigenvalue weighted by molar-refractivity contribution is 0.0287. The third-order valence-corrected chi connectivity index (χ3v) is 4.80. The van der Waals surface area contributed by atoms with Gasteiger partial charge in [0.05, 0.1) is 0 Å². The molecule has 2 atom stereocenters. The molecule has 1 amide bonds. The summed E-state index contributed by atoms with van der Waals surface area (Å²) in [5.74, 6) is 1.53. The van der Waals surface area contributed by atoms with Crippen molar-refractivity contribution in [1.82, 2.24) is 4.90 Å². The zero-order chi connectivity index (χ0) is 19.4. The first-order valence-corrected chi connectivity index (χ1v) is 9.56. The van der Waals surface area contributed by atoms with Crippen molar-refractivity contribution in [2.24, 2.45) is 5.92 Å². The van der Waals surface area contributed by atoms with Crippen molar-refractivity contribution in [2.45, 2.75) is 45.8 Å². The Bertz CT molecular complexity index is 767. The number of rotatable bonds is 4. The molecule has 1 heterocycles. The number of amides is 1. The number of carbonyl (C=O) groups excluding carboxylic acids is 1. The van der Waals surface area contributed by atoms with Crippen molar-refractivity contribution in [3.05, 3.63) is 65.7 Å². The van der Waals surface area contributed by atoms with Gasteiger partial charge < -0.3 is 14.4 Å². The van der Waals surface area contributed by atoms with Gasteiger partial charge in [-0.1, -0.05) is 49.4 Å². The monoisotopic (exact) mass is 367 g/mol. The van der Waals surface area contributed by atoms with Gasteiger partial charge in [-0.3, -0.25) is 0 Å². The Morgan fingerprint density at radius 1 is 1.07 bits per heavy atom. The molecular weight excluding hydrogens is 338 g/mol. The number of likely N-dealkylation sites (tertiary alicyclic amines) is 1. The molecule has 0 aliphatic carbocycles. The number of nitrogens with zero attached hydrogens (tertiary/aromatic N) is 1. The second-order valence-corrected chi connectivity index (χ2v) is 8.32. The summed E-state index contributed by atoms with van der Waals surface area (Å²) in [6.45, 7) is 9.83. The van der Waals surface area contributed by atoms with Gasteiger partial charge in [-0.2, -0.15) is 0 Å². The Hall–Kier alpha value is -2.49. The first-order valence-electron chi connectivity index (χ1n) is 9.56. The Balaban J connectivity index is 1.65. The van der Waals surface area contributed by atoms with Gasteiger partial charge in [-0.25, -0.2) is 4.79 Å². The fourth-order valence-corrected chi connectivity index (χ4v) is 3.45. The summed E-state index contributed by atoms with van der Waals surface area (Å²) in [6.07, 6.45) is -0.228. The van der Waals surface area contributed by atoms with Gasteiger partial charge in [0.25, 0.3) is 0 Å². The van der Waals surface area contributed by atoms with Crippen LogP contribution in [0.2, 0.25) is 0 Å². The maximum absolute atomic E-state index is 12.4. The molecule has 0 bridgehead atoms. The van der Waals surface area contributed by atoms with Crippen molar-refractivity contribution >= 4 is 6.09 Å². The van der Waals surface area contributed by atoms with Crippen LogP contribution in [0.4, 0.5) is 4.79 Å². The Kier molecular flexibility index (Phi) is 5.73. The minimum absolute atomic E-state index is 0.228. The molecule has 4 heteroatoms. The minimum atomic E-state index is -0.469. The highest BCUT2D eigenvalue weighted by Crippen LogP contribution is 2.34. The predicted molar refractivity (Wildman–Crippen MR) is 107 cm³/mol. The van der Waals surface area contributed by atoms with E-state index < -0.39 is 5.60 Å². The molecule has 1 saturated heterocycles. The Morgan fingerprint density at radius 3 is 2.52 bits per heavy atom. The predicted octanol–water partition coefficient (Wildman–Crippen LogP) is 5.24. The molecule has 0 unspecified atom stereocenters. The highest BCUT2D eigenvalue weighted by molar-refractivity contribution is 5.68. The van der Waals surface area contributed by atoms with E-state index in [1.165, 1.54) is 5.56 Å². The molecule has 0 spiro atoms. The van der Waals surface area contributed by atoms with E-state index in [0.717, 1.165) is 11.3 Å². The van der Waals surface area contributed by atoms with Crippen LogP contribution < -0.4 is 4.74 Å². The molecule has 0 radical (unpaired) electrons. The smallest absolute Gasteiger partial charge is 0.410 e. The average molecular weight is 367 g/mol. The van der Waals surface area contributed by atoms with Gasteiger partial charge in [0, 0.05) is 19.0 Å². The van der Waals surface area contributed by atoms with Gasteiger partial charge in [0.1, 0.15) is 18.0 Å². The van der Waals surface area contributed by atoms with E-state index >= 15 is 0 Å². The van der Waals surface area contributed by atoms with Gasteiger partial charge >= 0.3 is 6.09 Å². The standard InChI is InChI=1S/C23H29NO3/c1-17-14-24(22(25)27-23(2,3)4)15-21(17)19-11-8-12-20(13-19)26-16-18-9-6-5-7-10-18/h5-13,17,21H,14-16H2,1-4H3/t17-,21+/m0/s1. The fourth-order valence-electron chi connectivity index (χ4n) is 3.45. The number of hydrogen-bond donors (Lipinski definition) is 0. The summed E-state index contributed by atoms with van der Waals surface area (Å²) in [7, 11) is 0. The van der Waals surface area contributed by atoms with E-state index in [9.17, 15) is 4.79 Å². The van der Waals surface area contributed by atoms with E-state index in [0.29, 0.717) is 25.6 Å². The van der Waals surface area contributed by atoms with Crippen LogP contribution in [0.15, 0.2) is 54.6 Å². The highest BCUT2D eigenvalue weighted by Gasteiger charge is 2.35. The molecule has 27 heavy (non-hydrogen) atoms. The lowest BCUT2D eigenvalue weighted by atomic mass is 9.90. The molecule has 0 aromatic heterocycles. The molecule has 1 aliphatic rings. The third kappa shape index (κ3) is 5.25. The Labute approximate surface area is 162 Å². The van der Waals surface area contributed by atoms with E-state index in [-0.39, 0.29) is 12.0 Å². The minimum Gasteiger partial charge on any atom is -0.489 e. The summed E-state index contributed by atoms with van der Waals surface area (Å²) in [4.78, 5) is 14.2. The summed E-state index contributed by atoms with van der Waals surface area (Å²) < 4.78 is 11.5. The molecule has 4 nitrogen and oxygen atoms in total. The van der Waals surface area contributed by atoms with Gasteiger partial charge in [0.15, 0.2) is 0 Å². The molecule has 144 valence electrons. The summed E-state index contributed by atoms with van der Waals surface area (Å²) in [5.41, 5.74) is 1.89. The lowest BCUT2D eigenvalue weighted by Gasteiger charge is -2.24. The van der Waals surface area contributed by atoms with Crippen molar-refractivity contribution < 1.29 is 14.3 Å². The quantitative estimate of drug-likeness (QED) is 0.742. The highest BCUT2D eigenvalue weighted by atomic mass is 16.6. The number of ether oxygens (including phenoxy) is 2. The van der Waals surface area contributed by atoms with Crippen LogP contribution >= 0.6 is 0 Å². The molecule has 2 aromatic carbocycles. The molecule has 0 N–H and O–H groups in total. The number of benzene rings is 2. The number of hydrogen-bond acceptors (Lipinski definition) is 3. The van der Waals surface area contributed by atoms with Crippen molar-refractivity contribution in [1.29, 1.82) is 0 Å². The van der Waals surface area contributed by atoms with Gasteiger partial charge in [0.2, 0.25) is 0 Å². The van der Waals surface area contributed by atoms with Crippen molar-refractivity contribution in [3.8, 4) is 5.75 Å². The van der Waals surface area contributed by atoms with Gasteiger partial charge in [-0.05, 0) is 49.9 Å². The molecule has 3 rings (SSSR count). The second-order valence-electron chi connectivity index (χ2n) is 8.32. The SMILES string of the molecule is C[C@H]1CN(C(=O)OC(C)(C)C)C[C@H]1c1cccc(OCc2ccccc2)c1. The first-order chi connectivity index (χ1) is 12.8. The van der Waals surface area contributed by atoms with Crippen LogP contribution in [0.3, 0.4) is 0 Å². The molecule has 2 aromatic rings. The lowest BCUT2D eigenvalue weighted by Crippen LogP contribution is -2.35. The molecule has 1 aliphatic heterocycles. The fraction of sp³-hybridized carbons (Fsp3) is 0.435. The van der Waals surface area contributed by atoms with E-state index in [4.69, 9.17) is 9.47 Å². The van der Waals surface area contributed by atoms with Crippen LogP contribution in [-0.4, -0.2) is 29.7 Å². The maximum Gasteiger partial charge on any atom is 0.410 e. The zero-order valence-electron chi connectivity index (χ0n) is 16.6. The molecular formula is C23H29NO3. The van der Waals surface area contributed by atoms with Crippen LogP contribution in [0.5, 0.6) is 5.75 Å². The number of carbonyl (C=O) groups is 1. The Morgan fingerprint density at radius 2 is 1.81 bits per heavy atom. The largest absolute Gasteiger partial charge is 0.489 e. The van der Waals surface area contributed by atoms with Gasteiger partial charge in [-0.15, -0.1) is 0 Å². The van der Waals surface area contributed by atoms with Crippen LogP contribution in [0.1, 0.15) is 44.7 Å². The van der Waals surface area contributed by atoms with Crippen LogP contribution in [0.25, 0.3) is 0 Å². The first kappa shape index (κ1) is 19.3. The molecule has 1 fully saturated rings. The van der Waals surface area contributed by atoms with E-state index in [2.05, 4.69) is 31.2 Å².